The smallest absolute Gasteiger partial charge is 0.160 e. The van der Waals surface area contributed by atoms with Crippen LogP contribution in [0.4, 0.5) is 0 Å². The number of rotatable bonds is 4. The molecule has 4 rings (SSSR count). The summed E-state index contributed by atoms with van der Waals surface area (Å²) in [6.45, 7) is 2.04. The minimum absolute atomic E-state index is 0.0235. The molecule has 0 saturated carbocycles. The third-order valence-electron chi connectivity index (χ3n) is 4.52. The lowest BCUT2D eigenvalue weighted by Gasteiger charge is -2.11. The van der Waals surface area contributed by atoms with E-state index >= 15 is 0 Å². The Morgan fingerprint density at radius 1 is 0.769 bits per heavy atom. The molecule has 0 aliphatic rings. The Kier molecular flexibility index (Phi) is 4.21. The van der Waals surface area contributed by atoms with Gasteiger partial charge in [-0.15, -0.1) is 0 Å². The van der Waals surface area contributed by atoms with Crippen molar-refractivity contribution in [2.45, 2.75) is 18.4 Å². The van der Waals surface area contributed by atoms with Gasteiger partial charge in [0.05, 0.1) is 22.7 Å². The Hall–Kier alpha value is -2.72. The first-order valence-corrected chi connectivity index (χ1v) is 10.4. The van der Waals surface area contributed by atoms with E-state index in [0.29, 0.717) is 5.69 Å². The normalized spacial score (nSPS) is 11.9. The zero-order valence-electron chi connectivity index (χ0n) is 14.5. The van der Waals surface area contributed by atoms with Crippen molar-refractivity contribution in [2.75, 3.05) is 0 Å². The van der Waals surface area contributed by atoms with Crippen molar-refractivity contribution < 1.29 is 8.42 Å². The van der Waals surface area contributed by atoms with Crippen molar-refractivity contribution >= 4 is 31.5 Å². The molecule has 0 radical (unpaired) electrons. The number of fused-ring (bicyclic) bond motifs is 3. The summed E-state index contributed by atoms with van der Waals surface area (Å²) in [5, 5.41) is 3.02. The van der Waals surface area contributed by atoms with E-state index in [9.17, 15) is 8.42 Å². The van der Waals surface area contributed by atoms with Crippen LogP contribution in [0.25, 0.3) is 21.7 Å². The van der Waals surface area contributed by atoms with Gasteiger partial charge < -0.3 is 0 Å². The van der Waals surface area contributed by atoms with Crippen LogP contribution in [0.15, 0.2) is 72.8 Å². The van der Waals surface area contributed by atoms with E-state index in [4.69, 9.17) is 0 Å². The second-order valence-corrected chi connectivity index (χ2v) is 8.71. The van der Waals surface area contributed by atoms with Gasteiger partial charge in [0.15, 0.2) is 9.84 Å². The second kappa shape index (κ2) is 6.54. The maximum atomic E-state index is 12.8. The molecule has 0 spiro atoms. The fraction of sp³-hybridized carbons (Fsp3) is 0.136. The highest BCUT2D eigenvalue weighted by molar-refractivity contribution is 7.89. The molecule has 3 nitrogen and oxygen atoms in total. The third kappa shape index (κ3) is 3.33. The number of pyridine rings is 1. The van der Waals surface area contributed by atoms with Crippen LogP contribution in [0.2, 0.25) is 0 Å². The summed E-state index contributed by atoms with van der Waals surface area (Å²) < 4.78 is 25.6. The minimum atomic E-state index is -3.32. The molecule has 0 saturated heterocycles. The van der Waals surface area contributed by atoms with Gasteiger partial charge in [-0.2, -0.15) is 0 Å². The minimum Gasteiger partial charge on any atom is -0.251 e. The van der Waals surface area contributed by atoms with Gasteiger partial charge in [-0.05, 0) is 23.9 Å². The van der Waals surface area contributed by atoms with E-state index in [0.717, 1.165) is 32.8 Å². The number of para-hydroxylation sites is 1. The fourth-order valence-corrected chi connectivity index (χ4v) is 4.77. The number of benzene rings is 3. The molecular formula is C22H19NO2S. The number of hydrogen-bond donors (Lipinski definition) is 0. The van der Waals surface area contributed by atoms with Gasteiger partial charge in [-0.1, -0.05) is 72.3 Å². The summed E-state index contributed by atoms with van der Waals surface area (Å²) in [5.74, 6) is -0.0397. The number of sulfone groups is 1. The first kappa shape index (κ1) is 16.7. The lowest BCUT2D eigenvalue weighted by atomic mass is 10.0. The van der Waals surface area contributed by atoms with Crippen LogP contribution < -0.4 is 0 Å². The molecule has 4 heteroatoms. The van der Waals surface area contributed by atoms with Crippen LogP contribution in [-0.4, -0.2) is 13.4 Å². The first-order valence-electron chi connectivity index (χ1n) is 8.54. The van der Waals surface area contributed by atoms with Crippen molar-refractivity contribution in [3.8, 4) is 0 Å². The molecular weight excluding hydrogens is 342 g/mol. The van der Waals surface area contributed by atoms with E-state index in [1.807, 2.05) is 73.7 Å². The molecule has 0 N–H and O–H groups in total. The van der Waals surface area contributed by atoms with E-state index in [1.165, 1.54) is 0 Å². The van der Waals surface area contributed by atoms with Gasteiger partial charge >= 0.3 is 0 Å². The Balaban J connectivity index is 1.82. The quantitative estimate of drug-likeness (QED) is 0.490. The molecule has 0 fully saturated rings. The standard InChI is InChI=1S/C22H19NO2S/c1-16-11-12-19-20(13-16)18-9-5-6-10-21(18)23-22(19)15-26(24,25)14-17-7-3-2-4-8-17/h2-13H,14-15H2,1H3. The van der Waals surface area contributed by atoms with Crippen LogP contribution in [0.3, 0.4) is 0 Å². The van der Waals surface area contributed by atoms with Gasteiger partial charge in [0.25, 0.3) is 0 Å². The lowest BCUT2D eigenvalue weighted by molar-refractivity contribution is 0.594. The summed E-state index contributed by atoms with van der Waals surface area (Å²) in [5.41, 5.74) is 3.39. The molecule has 26 heavy (non-hydrogen) atoms. The molecule has 0 unspecified atom stereocenters. The Bertz CT molecular complexity index is 1200. The van der Waals surface area contributed by atoms with E-state index in [1.54, 1.807) is 0 Å². The van der Waals surface area contributed by atoms with Gasteiger partial charge in [-0.25, -0.2) is 8.42 Å². The maximum Gasteiger partial charge on any atom is 0.160 e. The largest absolute Gasteiger partial charge is 0.251 e. The fourth-order valence-electron chi connectivity index (χ4n) is 3.33. The Morgan fingerprint density at radius 2 is 1.50 bits per heavy atom. The predicted octanol–water partition coefficient (Wildman–Crippen LogP) is 4.81. The summed E-state index contributed by atoms with van der Waals surface area (Å²) in [4.78, 5) is 4.68. The van der Waals surface area contributed by atoms with Crippen LogP contribution in [-0.2, 0) is 21.3 Å². The van der Waals surface area contributed by atoms with E-state index < -0.39 is 9.84 Å². The summed E-state index contributed by atoms with van der Waals surface area (Å²) in [7, 11) is -3.32. The molecule has 1 heterocycles. The van der Waals surface area contributed by atoms with E-state index in [2.05, 4.69) is 11.1 Å². The molecule has 3 aromatic carbocycles. The van der Waals surface area contributed by atoms with Crippen molar-refractivity contribution in [1.29, 1.82) is 0 Å². The topological polar surface area (TPSA) is 47.0 Å². The highest BCUT2D eigenvalue weighted by Gasteiger charge is 2.17. The molecule has 0 amide bonds. The SMILES string of the molecule is Cc1ccc2c(CS(=O)(=O)Cc3ccccc3)nc3ccccc3c2c1. The summed E-state index contributed by atoms with van der Waals surface area (Å²) in [6.07, 6.45) is 0. The molecule has 1 aromatic heterocycles. The highest BCUT2D eigenvalue weighted by atomic mass is 32.2. The molecule has 4 aromatic rings. The predicted molar refractivity (Wildman–Crippen MR) is 107 cm³/mol. The van der Waals surface area contributed by atoms with Crippen LogP contribution in [0.5, 0.6) is 0 Å². The number of hydrogen-bond acceptors (Lipinski definition) is 3. The van der Waals surface area contributed by atoms with Crippen molar-refractivity contribution in [1.82, 2.24) is 4.98 Å². The van der Waals surface area contributed by atoms with Gasteiger partial charge in [0.2, 0.25) is 0 Å². The van der Waals surface area contributed by atoms with Gasteiger partial charge in [-0.3, -0.25) is 4.98 Å². The molecule has 0 aliphatic heterocycles. The average Bonchev–Trinajstić information content (AvgIpc) is 2.62. The van der Waals surface area contributed by atoms with Gasteiger partial charge in [0, 0.05) is 10.8 Å². The zero-order chi connectivity index (χ0) is 18.1. The molecule has 0 bridgehead atoms. The van der Waals surface area contributed by atoms with Crippen LogP contribution in [0.1, 0.15) is 16.8 Å². The molecule has 0 atom stereocenters. The van der Waals surface area contributed by atoms with Crippen LogP contribution in [0, 0.1) is 6.92 Å². The molecule has 0 aliphatic carbocycles. The Morgan fingerprint density at radius 3 is 2.31 bits per heavy atom. The lowest BCUT2D eigenvalue weighted by Crippen LogP contribution is -2.09. The van der Waals surface area contributed by atoms with Crippen molar-refractivity contribution in [2.24, 2.45) is 0 Å². The third-order valence-corrected chi connectivity index (χ3v) is 6.01. The van der Waals surface area contributed by atoms with Crippen molar-refractivity contribution in [3.05, 3.63) is 89.6 Å². The maximum absolute atomic E-state index is 12.8. The second-order valence-electron chi connectivity index (χ2n) is 6.64. The van der Waals surface area contributed by atoms with Crippen molar-refractivity contribution in [3.63, 3.8) is 0 Å². The number of nitrogens with zero attached hydrogens (tertiary/aromatic N) is 1. The summed E-state index contributed by atoms with van der Waals surface area (Å²) >= 11 is 0. The van der Waals surface area contributed by atoms with Gasteiger partial charge in [0.1, 0.15) is 0 Å². The first-order chi connectivity index (χ1) is 12.5. The van der Waals surface area contributed by atoms with Crippen LogP contribution >= 0.6 is 0 Å². The Labute approximate surface area is 153 Å². The molecule has 130 valence electrons. The monoisotopic (exact) mass is 361 g/mol. The highest BCUT2D eigenvalue weighted by Crippen LogP contribution is 2.28. The summed E-state index contributed by atoms with van der Waals surface area (Å²) in [6, 6.07) is 23.3. The van der Waals surface area contributed by atoms with E-state index in [-0.39, 0.29) is 11.5 Å². The zero-order valence-corrected chi connectivity index (χ0v) is 15.3. The number of aryl methyl sites for hydroxylation is 1. The average molecular weight is 361 g/mol. The number of aromatic nitrogens is 1.